The van der Waals surface area contributed by atoms with Gasteiger partial charge in [0.05, 0.1) is 0 Å². The molecule has 0 aromatic heterocycles. The third-order valence-electron chi connectivity index (χ3n) is 12.1. The zero-order valence-electron chi connectivity index (χ0n) is 42.1. The lowest BCUT2D eigenvalue weighted by molar-refractivity contribution is -0.167. The van der Waals surface area contributed by atoms with Gasteiger partial charge in [-0.3, -0.25) is 14.4 Å². The Bertz CT molecular complexity index is 1060. The molecule has 0 bridgehead atoms. The summed E-state index contributed by atoms with van der Waals surface area (Å²) in [5, 5.41) is 0. The van der Waals surface area contributed by atoms with Crippen molar-refractivity contribution in [2.24, 2.45) is 0 Å². The topological polar surface area (TPSA) is 78.9 Å². The molecule has 0 aliphatic rings. The summed E-state index contributed by atoms with van der Waals surface area (Å²) in [7, 11) is 0. The summed E-state index contributed by atoms with van der Waals surface area (Å²) in [6.45, 7) is 6.59. The second kappa shape index (κ2) is 52.3. The van der Waals surface area contributed by atoms with Crippen molar-refractivity contribution < 1.29 is 28.6 Å². The van der Waals surface area contributed by atoms with Crippen LogP contribution in [0.25, 0.3) is 0 Å². The first-order chi connectivity index (χ1) is 31.0. The van der Waals surface area contributed by atoms with Gasteiger partial charge in [0, 0.05) is 19.3 Å². The van der Waals surface area contributed by atoms with Crippen LogP contribution in [0, 0.1) is 0 Å². The fraction of sp³-hybridized carbons (Fsp3) is 0.842. The molecule has 0 spiro atoms. The molecule has 0 saturated carbocycles. The maximum absolute atomic E-state index is 12.8. The first-order valence-electron chi connectivity index (χ1n) is 27.5. The average Bonchev–Trinajstić information content (AvgIpc) is 3.28. The molecule has 368 valence electrons. The predicted octanol–water partition coefficient (Wildman–Crippen LogP) is 18.1. The van der Waals surface area contributed by atoms with Crippen LogP contribution < -0.4 is 0 Å². The summed E-state index contributed by atoms with van der Waals surface area (Å²) in [5.74, 6) is -0.879. The third kappa shape index (κ3) is 50.5. The van der Waals surface area contributed by atoms with E-state index in [1.54, 1.807) is 0 Å². The molecular weight excluding hydrogens is 781 g/mol. The Morgan fingerprint density at radius 1 is 0.317 bits per heavy atom. The minimum atomic E-state index is -0.775. The quantitative estimate of drug-likeness (QED) is 0.0262. The minimum Gasteiger partial charge on any atom is -0.462 e. The van der Waals surface area contributed by atoms with Crippen molar-refractivity contribution in [2.75, 3.05) is 13.2 Å². The molecular formula is C57H104O6. The predicted molar refractivity (Wildman–Crippen MR) is 270 cm³/mol. The smallest absolute Gasteiger partial charge is 0.306 e. The second-order valence-electron chi connectivity index (χ2n) is 18.5. The maximum Gasteiger partial charge on any atom is 0.306 e. The molecule has 0 aromatic rings. The van der Waals surface area contributed by atoms with Crippen molar-refractivity contribution in [3.63, 3.8) is 0 Å². The van der Waals surface area contributed by atoms with E-state index in [0.717, 1.165) is 77.0 Å². The number of rotatable bonds is 50. The fourth-order valence-electron chi connectivity index (χ4n) is 7.93. The monoisotopic (exact) mass is 885 g/mol. The van der Waals surface area contributed by atoms with E-state index in [1.807, 2.05) is 0 Å². The molecule has 1 atom stereocenters. The number of unbranched alkanes of at least 4 members (excludes halogenated alkanes) is 33. The molecule has 0 heterocycles. The lowest BCUT2D eigenvalue weighted by atomic mass is 10.0. The zero-order chi connectivity index (χ0) is 45.8. The van der Waals surface area contributed by atoms with Gasteiger partial charge in [0.15, 0.2) is 6.10 Å². The number of hydrogen-bond donors (Lipinski definition) is 0. The highest BCUT2D eigenvalue weighted by molar-refractivity contribution is 5.71. The molecule has 63 heavy (non-hydrogen) atoms. The SMILES string of the molecule is CCCC/C=C\CCCCCCCC(=O)OC[C@H](COC(=O)CCCCCCCCC/C=C\C/C=C\CCCCC)OC(=O)CCCCCCCCCCCCCCCCCCC. The number of ether oxygens (including phenoxy) is 3. The summed E-state index contributed by atoms with van der Waals surface area (Å²) < 4.78 is 16.8. The van der Waals surface area contributed by atoms with Crippen LogP contribution in [0.15, 0.2) is 36.5 Å². The van der Waals surface area contributed by atoms with Gasteiger partial charge < -0.3 is 14.2 Å². The molecule has 6 heteroatoms. The molecule has 0 aliphatic heterocycles. The Morgan fingerprint density at radius 2 is 0.587 bits per heavy atom. The number of carbonyl (C=O) groups excluding carboxylic acids is 3. The summed E-state index contributed by atoms with van der Waals surface area (Å²) >= 11 is 0. The van der Waals surface area contributed by atoms with Crippen molar-refractivity contribution in [1.82, 2.24) is 0 Å². The van der Waals surface area contributed by atoms with Gasteiger partial charge in [0.1, 0.15) is 13.2 Å². The van der Waals surface area contributed by atoms with E-state index in [0.29, 0.717) is 19.3 Å². The molecule has 0 aliphatic carbocycles. The second-order valence-corrected chi connectivity index (χ2v) is 18.5. The Labute approximate surface area is 391 Å². The van der Waals surface area contributed by atoms with E-state index in [2.05, 4.69) is 57.2 Å². The molecule has 0 fully saturated rings. The van der Waals surface area contributed by atoms with Crippen molar-refractivity contribution in [1.29, 1.82) is 0 Å². The van der Waals surface area contributed by atoms with Gasteiger partial charge in [-0.05, 0) is 70.6 Å². The van der Waals surface area contributed by atoms with Crippen molar-refractivity contribution >= 4 is 17.9 Å². The average molecular weight is 885 g/mol. The molecule has 0 rings (SSSR count). The highest BCUT2D eigenvalue weighted by atomic mass is 16.6. The van der Waals surface area contributed by atoms with E-state index >= 15 is 0 Å². The van der Waals surface area contributed by atoms with E-state index in [9.17, 15) is 14.4 Å². The van der Waals surface area contributed by atoms with Crippen LogP contribution in [0.4, 0.5) is 0 Å². The standard InChI is InChI=1S/C57H104O6/c1-4-7-10-13-16-19-22-24-26-28-30-32-35-38-41-44-47-50-56(59)62-53-54(52-61-55(58)49-46-43-40-37-34-21-18-15-12-9-6-3)63-57(60)51-48-45-42-39-36-33-31-29-27-25-23-20-17-14-11-8-5-2/h15-16,18-19,24,26,54H,4-14,17,20-23,25,27-53H2,1-3H3/b18-15-,19-16-,26-24-/t54-/m1/s1. The summed E-state index contributed by atoms with van der Waals surface area (Å²) in [4.78, 5) is 38.0. The molecule has 0 unspecified atom stereocenters. The van der Waals surface area contributed by atoms with Crippen LogP contribution in [-0.2, 0) is 28.6 Å². The van der Waals surface area contributed by atoms with Gasteiger partial charge in [-0.2, -0.15) is 0 Å². The Balaban J connectivity index is 4.33. The van der Waals surface area contributed by atoms with Gasteiger partial charge in [0.2, 0.25) is 0 Å². The van der Waals surface area contributed by atoms with Gasteiger partial charge in [-0.25, -0.2) is 0 Å². The lowest BCUT2D eigenvalue weighted by Gasteiger charge is -2.18. The summed E-state index contributed by atoms with van der Waals surface area (Å²) in [5.41, 5.74) is 0. The molecule has 0 N–H and O–H groups in total. The molecule has 0 saturated heterocycles. The van der Waals surface area contributed by atoms with Gasteiger partial charge in [-0.1, -0.05) is 237 Å². The van der Waals surface area contributed by atoms with Gasteiger partial charge >= 0.3 is 17.9 Å². The minimum absolute atomic E-state index is 0.0759. The number of allylic oxidation sites excluding steroid dienone is 6. The summed E-state index contributed by atoms with van der Waals surface area (Å²) in [6.07, 6.45) is 61.3. The number of esters is 3. The van der Waals surface area contributed by atoms with Crippen LogP contribution in [0.3, 0.4) is 0 Å². The largest absolute Gasteiger partial charge is 0.462 e. The molecule has 6 nitrogen and oxygen atoms in total. The van der Waals surface area contributed by atoms with Crippen LogP contribution in [-0.4, -0.2) is 37.2 Å². The van der Waals surface area contributed by atoms with Crippen molar-refractivity contribution in [3.05, 3.63) is 36.5 Å². The van der Waals surface area contributed by atoms with E-state index < -0.39 is 6.10 Å². The van der Waals surface area contributed by atoms with E-state index in [1.165, 1.54) is 173 Å². The fourth-order valence-corrected chi connectivity index (χ4v) is 7.93. The zero-order valence-corrected chi connectivity index (χ0v) is 42.1. The first kappa shape index (κ1) is 60.6. The van der Waals surface area contributed by atoms with Crippen LogP contribution in [0.2, 0.25) is 0 Å². The van der Waals surface area contributed by atoms with Crippen LogP contribution in [0.1, 0.15) is 290 Å². The van der Waals surface area contributed by atoms with E-state index in [-0.39, 0.29) is 31.1 Å². The molecule has 0 amide bonds. The highest BCUT2D eigenvalue weighted by Gasteiger charge is 2.19. The third-order valence-corrected chi connectivity index (χ3v) is 12.1. The van der Waals surface area contributed by atoms with Crippen LogP contribution >= 0.6 is 0 Å². The van der Waals surface area contributed by atoms with Crippen LogP contribution in [0.5, 0.6) is 0 Å². The highest BCUT2D eigenvalue weighted by Crippen LogP contribution is 2.16. The Morgan fingerprint density at radius 3 is 0.968 bits per heavy atom. The lowest BCUT2D eigenvalue weighted by Crippen LogP contribution is -2.30. The Kier molecular flexibility index (Phi) is 50.3. The van der Waals surface area contributed by atoms with E-state index in [4.69, 9.17) is 14.2 Å². The number of hydrogen-bond acceptors (Lipinski definition) is 6. The van der Waals surface area contributed by atoms with Crippen molar-refractivity contribution in [2.45, 2.75) is 297 Å². The maximum atomic E-state index is 12.8. The first-order valence-corrected chi connectivity index (χ1v) is 27.5. The van der Waals surface area contributed by atoms with Gasteiger partial charge in [-0.15, -0.1) is 0 Å². The Hall–Kier alpha value is -2.37. The molecule has 0 radical (unpaired) electrons. The van der Waals surface area contributed by atoms with Gasteiger partial charge in [0.25, 0.3) is 0 Å². The number of carbonyl (C=O) groups is 3. The van der Waals surface area contributed by atoms with Crippen molar-refractivity contribution in [3.8, 4) is 0 Å². The molecule has 0 aromatic carbocycles. The summed E-state index contributed by atoms with van der Waals surface area (Å²) in [6, 6.07) is 0. The normalized spacial score (nSPS) is 12.2.